The average molecular weight is 915 g/mol. The zero-order valence-corrected chi connectivity index (χ0v) is 43.5. The SMILES string of the molecule is CCCCCCCCCCCCCCCCCC/C=C/C(O)C(CO)NC(=O)CCCCCCCC/C=C\C=C/CCCCCOC(=O)CCCCCCCCCCCCCCCCC. The topological polar surface area (TPSA) is 95.9 Å². The number of rotatable bonds is 53. The quantitative estimate of drug-likeness (QED) is 0.0244. The predicted molar refractivity (Wildman–Crippen MR) is 283 cm³/mol. The van der Waals surface area contributed by atoms with Crippen molar-refractivity contribution in [3.05, 3.63) is 36.5 Å². The number of aliphatic hydroxyl groups excluding tert-OH is 2. The van der Waals surface area contributed by atoms with E-state index in [0.29, 0.717) is 19.4 Å². The molecule has 0 aliphatic rings. The molecule has 0 fully saturated rings. The number of hydrogen-bond acceptors (Lipinski definition) is 5. The van der Waals surface area contributed by atoms with E-state index >= 15 is 0 Å². The zero-order chi connectivity index (χ0) is 47.2. The molecule has 0 aliphatic heterocycles. The monoisotopic (exact) mass is 914 g/mol. The lowest BCUT2D eigenvalue weighted by Crippen LogP contribution is -2.45. The summed E-state index contributed by atoms with van der Waals surface area (Å²) in [5.41, 5.74) is 0. The number of nitrogens with one attached hydrogen (secondary N) is 1. The average Bonchev–Trinajstić information content (AvgIpc) is 3.31. The molecule has 0 aliphatic carbocycles. The van der Waals surface area contributed by atoms with Gasteiger partial charge in [0.2, 0.25) is 5.91 Å². The first-order valence-corrected chi connectivity index (χ1v) is 28.8. The molecule has 0 rings (SSSR count). The van der Waals surface area contributed by atoms with Gasteiger partial charge in [0.05, 0.1) is 25.4 Å². The van der Waals surface area contributed by atoms with Gasteiger partial charge in [0, 0.05) is 12.8 Å². The van der Waals surface area contributed by atoms with E-state index in [2.05, 4.69) is 43.5 Å². The number of carbonyl (C=O) groups excluding carboxylic acids is 2. The van der Waals surface area contributed by atoms with Crippen LogP contribution in [-0.2, 0) is 14.3 Å². The van der Waals surface area contributed by atoms with E-state index in [9.17, 15) is 19.8 Å². The molecule has 0 spiro atoms. The lowest BCUT2D eigenvalue weighted by atomic mass is 10.0. The highest BCUT2D eigenvalue weighted by Gasteiger charge is 2.18. The highest BCUT2D eigenvalue weighted by atomic mass is 16.5. The van der Waals surface area contributed by atoms with Gasteiger partial charge >= 0.3 is 5.97 Å². The highest BCUT2D eigenvalue weighted by molar-refractivity contribution is 5.76. The minimum absolute atomic E-state index is 0.0200. The molecule has 3 N–H and O–H groups in total. The molecule has 0 aromatic carbocycles. The van der Waals surface area contributed by atoms with Crippen LogP contribution in [-0.4, -0.2) is 47.4 Å². The van der Waals surface area contributed by atoms with E-state index in [1.165, 1.54) is 199 Å². The van der Waals surface area contributed by atoms with Crippen molar-refractivity contribution < 1.29 is 24.5 Å². The number of unbranched alkanes of at least 4 members (excludes halogenated alkanes) is 39. The van der Waals surface area contributed by atoms with Gasteiger partial charge in [0.1, 0.15) is 0 Å². The lowest BCUT2D eigenvalue weighted by Gasteiger charge is -2.20. The van der Waals surface area contributed by atoms with Crippen LogP contribution in [0.4, 0.5) is 0 Å². The van der Waals surface area contributed by atoms with E-state index in [0.717, 1.165) is 77.0 Å². The van der Waals surface area contributed by atoms with Crippen molar-refractivity contribution in [2.75, 3.05) is 13.2 Å². The van der Waals surface area contributed by atoms with Gasteiger partial charge in [-0.1, -0.05) is 262 Å². The third-order valence-electron chi connectivity index (χ3n) is 13.2. The number of ether oxygens (including phenoxy) is 1. The van der Waals surface area contributed by atoms with Gasteiger partial charge in [-0.2, -0.15) is 0 Å². The summed E-state index contributed by atoms with van der Waals surface area (Å²) >= 11 is 0. The van der Waals surface area contributed by atoms with Crippen molar-refractivity contribution in [1.82, 2.24) is 5.32 Å². The maximum absolute atomic E-state index is 12.5. The van der Waals surface area contributed by atoms with Crippen LogP contribution in [0.15, 0.2) is 36.5 Å². The smallest absolute Gasteiger partial charge is 0.305 e. The summed E-state index contributed by atoms with van der Waals surface area (Å²) in [5, 5.41) is 23.1. The molecule has 0 bridgehead atoms. The summed E-state index contributed by atoms with van der Waals surface area (Å²) in [6, 6.07) is -0.645. The molecule has 2 atom stereocenters. The Hall–Kier alpha value is -1.92. The summed E-state index contributed by atoms with van der Waals surface area (Å²) in [6.45, 7) is 4.86. The Kier molecular flexibility index (Phi) is 53.1. The summed E-state index contributed by atoms with van der Waals surface area (Å²) in [6.07, 6.45) is 67.3. The van der Waals surface area contributed by atoms with Crippen LogP contribution < -0.4 is 5.32 Å². The van der Waals surface area contributed by atoms with Crippen LogP contribution in [0.1, 0.15) is 303 Å². The summed E-state index contributed by atoms with van der Waals surface area (Å²) in [7, 11) is 0. The number of carbonyl (C=O) groups is 2. The normalized spacial score (nSPS) is 12.9. The Morgan fingerprint density at radius 2 is 0.754 bits per heavy atom. The standard InChI is InChI=1S/C59H111NO5/c1-3-5-7-9-11-13-15-17-19-20-21-24-27-31-35-39-43-47-51-57(62)56(55-61)60-58(63)52-48-44-40-36-32-28-25-22-26-30-34-38-42-46-50-54-65-59(64)53-49-45-41-37-33-29-23-18-16-14-12-10-8-6-4-2/h22,26,30,34,47,51,56-57,61-62H,3-21,23-25,27-29,31-33,35-46,48-50,52-55H2,1-2H3,(H,60,63)/b26-22-,34-30-,51-47+. The molecule has 0 aromatic heterocycles. The molecule has 6 heteroatoms. The largest absolute Gasteiger partial charge is 0.466 e. The molecule has 1 amide bonds. The first kappa shape index (κ1) is 63.1. The van der Waals surface area contributed by atoms with Crippen molar-refractivity contribution in [3.63, 3.8) is 0 Å². The van der Waals surface area contributed by atoms with Gasteiger partial charge in [-0.25, -0.2) is 0 Å². The molecular formula is C59H111NO5. The molecule has 0 saturated heterocycles. The molecular weight excluding hydrogens is 803 g/mol. The molecule has 6 nitrogen and oxygen atoms in total. The molecule has 0 saturated carbocycles. The van der Waals surface area contributed by atoms with Crippen molar-refractivity contribution in [3.8, 4) is 0 Å². The number of amides is 1. The van der Waals surface area contributed by atoms with Gasteiger partial charge in [0.25, 0.3) is 0 Å². The van der Waals surface area contributed by atoms with E-state index in [4.69, 9.17) is 4.74 Å². The van der Waals surface area contributed by atoms with E-state index in [1.807, 2.05) is 6.08 Å². The summed E-state index contributed by atoms with van der Waals surface area (Å²) in [5.74, 6) is -0.109. The van der Waals surface area contributed by atoms with E-state index in [-0.39, 0.29) is 18.5 Å². The zero-order valence-electron chi connectivity index (χ0n) is 43.5. The second-order valence-corrected chi connectivity index (χ2v) is 19.7. The maximum atomic E-state index is 12.5. The van der Waals surface area contributed by atoms with Crippen LogP contribution in [0.25, 0.3) is 0 Å². The molecule has 0 aromatic rings. The first-order chi connectivity index (χ1) is 32.0. The number of hydrogen-bond donors (Lipinski definition) is 3. The number of allylic oxidation sites excluding steroid dienone is 5. The lowest BCUT2D eigenvalue weighted by molar-refractivity contribution is -0.143. The molecule has 0 radical (unpaired) electrons. The van der Waals surface area contributed by atoms with Gasteiger partial charge in [0.15, 0.2) is 0 Å². The Morgan fingerprint density at radius 3 is 1.14 bits per heavy atom. The fraction of sp³-hybridized carbons (Fsp3) is 0.864. The summed E-state index contributed by atoms with van der Waals surface area (Å²) < 4.78 is 5.45. The fourth-order valence-electron chi connectivity index (χ4n) is 8.74. The van der Waals surface area contributed by atoms with Gasteiger partial charge < -0.3 is 20.3 Å². The van der Waals surface area contributed by atoms with Gasteiger partial charge in [-0.05, 0) is 64.2 Å². The maximum Gasteiger partial charge on any atom is 0.305 e. The van der Waals surface area contributed by atoms with E-state index < -0.39 is 12.1 Å². The minimum atomic E-state index is -0.859. The third-order valence-corrected chi connectivity index (χ3v) is 13.2. The Morgan fingerprint density at radius 1 is 0.431 bits per heavy atom. The second kappa shape index (κ2) is 54.7. The molecule has 0 heterocycles. The minimum Gasteiger partial charge on any atom is -0.466 e. The molecule has 382 valence electrons. The van der Waals surface area contributed by atoms with E-state index in [1.54, 1.807) is 6.08 Å². The number of esters is 1. The second-order valence-electron chi connectivity index (χ2n) is 19.7. The van der Waals surface area contributed by atoms with Crippen LogP contribution in [0, 0.1) is 0 Å². The van der Waals surface area contributed by atoms with Gasteiger partial charge in [-0.3, -0.25) is 9.59 Å². The third kappa shape index (κ3) is 51.3. The van der Waals surface area contributed by atoms with Crippen LogP contribution in [0.3, 0.4) is 0 Å². The molecule has 65 heavy (non-hydrogen) atoms. The Labute approximate surface area is 404 Å². The van der Waals surface area contributed by atoms with Crippen LogP contribution in [0.2, 0.25) is 0 Å². The van der Waals surface area contributed by atoms with Crippen molar-refractivity contribution >= 4 is 11.9 Å². The Balaban J connectivity index is 3.54. The van der Waals surface area contributed by atoms with Crippen LogP contribution >= 0.6 is 0 Å². The number of aliphatic hydroxyl groups is 2. The van der Waals surface area contributed by atoms with Crippen molar-refractivity contribution in [2.45, 2.75) is 315 Å². The van der Waals surface area contributed by atoms with Gasteiger partial charge in [-0.15, -0.1) is 0 Å². The summed E-state index contributed by atoms with van der Waals surface area (Å²) in [4.78, 5) is 24.5. The highest BCUT2D eigenvalue weighted by Crippen LogP contribution is 2.16. The first-order valence-electron chi connectivity index (χ1n) is 28.8. The van der Waals surface area contributed by atoms with Crippen molar-refractivity contribution in [1.29, 1.82) is 0 Å². The Bertz CT molecular complexity index is 1060. The van der Waals surface area contributed by atoms with Crippen LogP contribution in [0.5, 0.6) is 0 Å². The fourth-order valence-corrected chi connectivity index (χ4v) is 8.74. The predicted octanol–water partition coefficient (Wildman–Crippen LogP) is 17.6. The van der Waals surface area contributed by atoms with Crippen molar-refractivity contribution in [2.24, 2.45) is 0 Å². The molecule has 2 unspecified atom stereocenters.